The van der Waals surface area contributed by atoms with E-state index in [0.717, 1.165) is 11.0 Å². The molecule has 0 heterocycles. The predicted molar refractivity (Wildman–Crippen MR) is 120 cm³/mol. The lowest BCUT2D eigenvalue weighted by molar-refractivity contribution is -0.0435. The number of hydrogen-bond acceptors (Lipinski definition) is 7. The average molecular weight is 510 g/mol. The zero-order valence-electron chi connectivity index (χ0n) is 17.2. The normalized spacial score (nSPS) is 13.2. The highest BCUT2D eigenvalue weighted by Gasteiger charge is 2.48. The zero-order chi connectivity index (χ0) is 23.8. The highest BCUT2D eigenvalue weighted by Crippen LogP contribution is 2.36. The molecule has 0 aliphatic carbocycles. The Bertz CT molecular complexity index is 989. The van der Waals surface area contributed by atoms with Crippen molar-refractivity contribution in [1.82, 2.24) is 4.90 Å². The number of hydrogen-bond donors (Lipinski definition) is 2. The van der Waals surface area contributed by atoms with E-state index in [4.69, 9.17) is 5.11 Å². The quantitative estimate of drug-likeness (QED) is 0.334. The van der Waals surface area contributed by atoms with E-state index in [0.29, 0.717) is 25.3 Å². The molecule has 6 nitrogen and oxygen atoms in total. The molecule has 0 aliphatic rings. The summed E-state index contributed by atoms with van der Waals surface area (Å²) < 4.78 is 75.1. The molecule has 2 aromatic carbocycles. The molecule has 1 atom stereocenters. The van der Waals surface area contributed by atoms with Gasteiger partial charge in [-0.2, -0.15) is 13.2 Å². The molecule has 0 saturated heterocycles. The van der Waals surface area contributed by atoms with Gasteiger partial charge in [-0.1, -0.05) is 18.2 Å². The van der Waals surface area contributed by atoms with E-state index in [1.807, 2.05) is 35.2 Å². The fourth-order valence-corrected chi connectivity index (χ4v) is 5.12. The second-order valence-electron chi connectivity index (χ2n) is 6.97. The Morgan fingerprint density at radius 2 is 1.84 bits per heavy atom. The van der Waals surface area contributed by atoms with Crippen molar-refractivity contribution < 1.29 is 30.9 Å². The van der Waals surface area contributed by atoms with E-state index in [9.17, 15) is 25.8 Å². The number of halogens is 3. The second-order valence-corrected chi connectivity index (χ2v) is 10.6. The molecule has 32 heavy (non-hydrogen) atoms. The summed E-state index contributed by atoms with van der Waals surface area (Å²) in [5, 5.41) is 12.0. The minimum Gasteiger partial charge on any atom is -0.395 e. The molecule has 12 heteroatoms. The molecular weight excluding hydrogens is 485 g/mol. The first-order valence-corrected chi connectivity index (χ1v) is 12.8. The first-order valence-electron chi connectivity index (χ1n) is 9.57. The maximum absolute atomic E-state index is 13.2. The van der Waals surface area contributed by atoms with E-state index >= 15 is 0 Å². The molecule has 2 N–H and O–H groups in total. The second kappa shape index (κ2) is 11.9. The molecule has 0 bridgehead atoms. The van der Waals surface area contributed by atoms with Crippen molar-refractivity contribution >= 4 is 39.0 Å². The lowest BCUT2D eigenvalue weighted by atomic mass is 10.2. The summed E-state index contributed by atoms with van der Waals surface area (Å²) in [6.45, 7) is 0.931. The number of anilines is 1. The molecule has 0 radical (unpaired) electrons. The van der Waals surface area contributed by atoms with Crippen LogP contribution in [0.15, 0.2) is 63.2 Å². The summed E-state index contributed by atoms with van der Waals surface area (Å²) in [6, 6.07) is 12.3. The third-order valence-electron chi connectivity index (χ3n) is 4.54. The highest BCUT2D eigenvalue weighted by molar-refractivity contribution is 7.99. The number of sulfone groups is 1. The molecule has 0 spiro atoms. The minimum absolute atomic E-state index is 0.0321. The number of nitrogens with one attached hydrogen (secondary N) is 1. The first kappa shape index (κ1) is 26.5. The van der Waals surface area contributed by atoms with Gasteiger partial charge in [0, 0.05) is 39.6 Å². The van der Waals surface area contributed by atoms with Crippen LogP contribution in [-0.4, -0.2) is 62.5 Å². The number of likely N-dealkylation sites (N-methyl/N-ethyl adjacent to an activating group) is 1. The number of nitrogens with zero attached hydrogens (tertiary/aromatic N) is 1. The largest absolute Gasteiger partial charge is 0.505 e. The van der Waals surface area contributed by atoms with Gasteiger partial charge in [-0.25, -0.2) is 8.42 Å². The van der Waals surface area contributed by atoms with Gasteiger partial charge in [-0.3, -0.25) is 0 Å². The van der Waals surface area contributed by atoms with E-state index in [2.05, 4.69) is 5.32 Å². The molecule has 0 fully saturated rings. The summed E-state index contributed by atoms with van der Waals surface area (Å²) >= 11 is 1.40. The van der Waals surface area contributed by atoms with Crippen molar-refractivity contribution in [2.75, 3.05) is 37.8 Å². The number of thioether (sulfide) groups is 1. The van der Waals surface area contributed by atoms with Crippen LogP contribution >= 0.6 is 11.8 Å². The van der Waals surface area contributed by atoms with Gasteiger partial charge in [0.1, 0.15) is 4.90 Å². The maximum Gasteiger partial charge on any atom is 0.505 e. The number of rotatable bonds is 12. The van der Waals surface area contributed by atoms with Crippen molar-refractivity contribution in [3.8, 4) is 0 Å². The summed E-state index contributed by atoms with van der Waals surface area (Å²) in [5.41, 5.74) is -5.70. The van der Waals surface area contributed by atoms with Crippen LogP contribution in [0, 0.1) is 0 Å². The van der Waals surface area contributed by atoms with Crippen LogP contribution < -0.4 is 5.32 Å². The molecule has 0 unspecified atom stereocenters. The van der Waals surface area contributed by atoms with Crippen LogP contribution in [0.3, 0.4) is 0 Å². The Labute approximate surface area is 193 Å². The fraction of sp³-hybridized carbons (Fsp3) is 0.400. The predicted octanol–water partition coefficient (Wildman–Crippen LogP) is 3.65. The van der Waals surface area contributed by atoms with Crippen LogP contribution in [0.1, 0.15) is 6.42 Å². The molecule has 2 rings (SSSR count). The summed E-state index contributed by atoms with van der Waals surface area (Å²) in [6.07, 6.45) is 0.486. The van der Waals surface area contributed by atoms with Gasteiger partial charge in [0.05, 0.1) is 12.3 Å². The van der Waals surface area contributed by atoms with Crippen LogP contribution in [-0.2, 0) is 25.7 Å². The smallest absolute Gasteiger partial charge is 0.395 e. The van der Waals surface area contributed by atoms with Crippen molar-refractivity contribution in [3.63, 3.8) is 0 Å². The van der Waals surface area contributed by atoms with Crippen molar-refractivity contribution in [2.45, 2.75) is 32.7 Å². The van der Waals surface area contributed by atoms with Gasteiger partial charge in [0.2, 0.25) is 0 Å². The third-order valence-corrected chi connectivity index (χ3v) is 7.69. The van der Waals surface area contributed by atoms with Gasteiger partial charge in [-0.15, -0.1) is 11.8 Å². The topological polar surface area (TPSA) is 86.7 Å². The minimum atomic E-state index is -5.66. The van der Waals surface area contributed by atoms with Crippen molar-refractivity contribution in [1.29, 1.82) is 0 Å². The lowest BCUT2D eigenvalue weighted by Gasteiger charge is -2.24. The van der Waals surface area contributed by atoms with Crippen LogP contribution in [0.5, 0.6) is 0 Å². The Morgan fingerprint density at radius 1 is 1.16 bits per heavy atom. The average Bonchev–Trinajstić information content (AvgIpc) is 2.75. The molecule has 176 valence electrons. The van der Waals surface area contributed by atoms with E-state index < -0.39 is 20.2 Å². The van der Waals surface area contributed by atoms with E-state index in [1.165, 1.54) is 23.9 Å². The molecule has 2 aromatic rings. The summed E-state index contributed by atoms with van der Waals surface area (Å²) in [4.78, 5) is 1.73. The SMILES string of the molecule is CN(CCO)CC[C@H](CSc1ccccc1)Nc1ccc([S+]=O)cc1S(=O)(=O)C(F)(F)F. The number of benzene rings is 2. The van der Waals surface area contributed by atoms with Crippen LogP contribution in [0.4, 0.5) is 18.9 Å². The standard InChI is InChI=1S/C20H24F3N2O4S3/c1-25(11-12-26)10-9-15(14-30-16-5-3-2-4-6-16)24-18-8-7-17(31-27)13-19(18)32(28,29)20(21,22)23/h2-8,13,15,24,26H,9-12,14H2,1H3/q+1/t15-/m1/s1. The van der Waals surface area contributed by atoms with E-state index in [-0.39, 0.29) is 34.9 Å². The molecule has 0 amide bonds. The fourth-order valence-electron chi connectivity index (χ4n) is 2.81. The van der Waals surface area contributed by atoms with Crippen molar-refractivity contribution in [2.24, 2.45) is 0 Å². The summed E-state index contributed by atoms with van der Waals surface area (Å²) in [5.74, 6) is 0.459. The molecular formula is C20H24F3N2O4S3+. The zero-order valence-corrected chi connectivity index (χ0v) is 19.7. The number of aliphatic hydroxyl groups is 1. The third kappa shape index (κ3) is 7.41. The van der Waals surface area contributed by atoms with Crippen LogP contribution in [0.2, 0.25) is 0 Å². The van der Waals surface area contributed by atoms with Gasteiger partial charge >= 0.3 is 17.2 Å². The highest BCUT2D eigenvalue weighted by atomic mass is 32.2. The Morgan fingerprint density at radius 3 is 2.44 bits per heavy atom. The summed E-state index contributed by atoms with van der Waals surface area (Å²) in [7, 11) is -3.85. The molecule has 0 aliphatic heterocycles. The van der Waals surface area contributed by atoms with Gasteiger partial charge in [0.15, 0.2) is 0 Å². The first-order chi connectivity index (χ1) is 15.1. The van der Waals surface area contributed by atoms with E-state index in [1.54, 1.807) is 7.05 Å². The van der Waals surface area contributed by atoms with Crippen molar-refractivity contribution in [3.05, 3.63) is 48.5 Å². The number of aliphatic hydroxyl groups excluding tert-OH is 1. The Hall–Kier alpha value is -1.73. The molecule has 0 aromatic heterocycles. The Balaban J connectivity index is 2.32. The maximum atomic E-state index is 13.2. The number of alkyl halides is 3. The monoisotopic (exact) mass is 509 g/mol. The van der Waals surface area contributed by atoms with Crippen LogP contribution in [0.25, 0.3) is 0 Å². The van der Waals surface area contributed by atoms with Gasteiger partial charge < -0.3 is 15.3 Å². The Kier molecular flexibility index (Phi) is 9.89. The van der Waals surface area contributed by atoms with Gasteiger partial charge in [-0.05, 0) is 38.2 Å². The lowest BCUT2D eigenvalue weighted by Crippen LogP contribution is -2.32. The van der Waals surface area contributed by atoms with Gasteiger partial charge in [0.25, 0.3) is 14.7 Å². The molecule has 0 saturated carbocycles.